The van der Waals surface area contributed by atoms with Crippen molar-refractivity contribution in [2.24, 2.45) is 0 Å². The van der Waals surface area contributed by atoms with E-state index in [9.17, 15) is 18.4 Å². The average Bonchev–Trinajstić information content (AvgIpc) is 3.07. The van der Waals surface area contributed by atoms with Crippen LogP contribution in [0.2, 0.25) is 0 Å². The van der Waals surface area contributed by atoms with Crippen LogP contribution in [0.3, 0.4) is 0 Å². The molecule has 0 spiro atoms. The lowest BCUT2D eigenvalue weighted by molar-refractivity contribution is -0.134. The largest absolute Gasteiger partial charge is 0.337 e. The number of aromatic nitrogens is 2. The predicted molar refractivity (Wildman–Crippen MR) is 105 cm³/mol. The van der Waals surface area contributed by atoms with Gasteiger partial charge in [-0.1, -0.05) is 29.2 Å². The number of thioether (sulfide) groups is 1. The fourth-order valence-corrected chi connectivity index (χ4v) is 4.92. The minimum absolute atomic E-state index is 0.0407. The molecular formula is C18H20F2N4O2S2. The monoisotopic (exact) mass is 426 g/mol. The Balaban J connectivity index is 1.58. The van der Waals surface area contributed by atoms with Gasteiger partial charge in [-0.2, -0.15) is 0 Å². The van der Waals surface area contributed by atoms with Crippen molar-refractivity contribution >= 4 is 40.0 Å². The van der Waals surface area contributed by atoms with Crippen LogP contribution in [-0.2, 0) is 4.79 Å². The number of hydrogen-bond donors (Lipinski definition) is 1. The summed E-state index contributed by atoms with van der Waals surface area (Å²) in [7, 11) is 0. The second-order valence-corrected chi connectivity index (χ2v) is 8.84. The third kappa shape index (κ3) is 4.67. The number of anilines is 1. The molecule has 1 saturated heterocycles. The van der Waals surface area contributed by atoms with Gasteiger partial charge < -0.3 is 4.90 Å². The molecular weight excluding hydrogens is 406 g/mol. The molecule has 6 nitrogen and oxygen atoms in total. The molecule has 1 aromatic carbocycles. The summed E-state index contributed by atoms with van der Waals surface area (Å²) in [6.45, 7) is 4.11. The van der Waals surface area contributed by atoms with Crippen LogP contribution >= 0.6 is 23.1 Å². The highest BCUT2D eigenvalue weighted by molar-refractivity contribution is 8.01. The zero-order valence-corrected chi connectivity index (χ0v) is 17.1. The first kappa shape index (κ1) is 20.7. The van der Waals surface area contributed by atoms with Crippen molar-refractivity contribution in [1.29, 1.82) is 0 Å². The topological polar surface area (TPSA) is 75.2 Å². The van der Waals surface area contributed by atoms with Gasteiger partial charge in [0, 0.05) is 12.1 Å². The first-order valence-corrected chi connectivity index (χ1v) is 10.7. The molecule has 1 aliphatic heterocycles. The summed E-state index contributed by atoms with van der Waals surface area (Å²) >= 11 is 2.28. The first-order valence-electron chi connectivity index (χ1n) is 8.89. The quantitative estimate of drug-likeness (QED) is 0.579. The van der Waals surface area contributed by atoms with E-state index in [0.717, 1.165) is 42.7 Å². The minimum Gasteiger partial charge on any atom is -0.337 e. The Bertz CT molecular complexity index is 847. The van der Waals surface area contributed by atoms with Crippen LogP contribution in [-0.4, -0.2) is 44.7 Å². The van der Waals surface area contributed by atoms with Gasteiger partial charge in [0.15, 0.2) is 4.34 Å². The van der Waals surface area contributed by atoms with Crippen molar-refractivity contribution in [3.63, 3.8) is 0 Å². The first-order chi connectivity index (χ1) is 13.4. The van der Waals surface area contributed by atoms with Crippen molar-refractivity contribution < 1.29 is 18.4 Å². The van der Waals surface area contributed by atoms with Gasteiger partial charge in [-0.15, -0.1) is 10.2 Å². The van der Waals surface area contributed by atoms with Crippen LogP contribution in [0.4, 0.5) is 13.9 Å². The lowest BCUT2D eigenvalue weighted by Crippen LogP contribution is -2.48. The zero-order valence-electron chi connectivity index (χ0n) is 15.4. The van der Waals surface area contributed by atoms with Gasteiger partial charge in [0.1, 0.15) is 17.2 Å². The third-order valence-corrected chi connectivity index (χ3v) is 6.57. The molecule has 1 aromatic heterocycles. The molecule has 1 aliphatic rings. The van der Waals surface area contributed by atoms with E-state index < -0.39 is 23.1 Å². The van der Waals surface area contributed by atoms with Crippen molar-refractivity contribution in [1.82, 2.24) is 15.1 Å². The van der Waals surface area contributed by atoms with Gasteiger partial charge in [0.05, 0.1) is 5.75 Å². The fourth-order valence-electron chi connectivity index (χ4n) is 3.30. The van der Waals surface area contributed by atoms with Crippen molar-refractivity contribution in [2.45, 2.75) is 49.5 Å². The molecule has 0 saturated carbocycles. The summed E-state index contributed by atoms with van der Waals surface area (Å²) in [4.78, 5) is 26.6. The lowest BCUT2D eigenvalue weighted by Gasteiger charge is -2.39. The maximum atomic E-state index is 13.7. The van der Waals surface area contributed by atoms with E-state index in [1.165, 1.54) is 17.8 Å². The van der Waals surface area contributed by atoms with Crippen LogP contribution in [0.15, 0.2) is 22.5 Å². The zero-order chi connectivity index (χ0) is 20.3. The Morgan fingerprint density at radius 2 is 1.86 bits per heavy atom. The van der Waals surface area contributed by atoms with Crippen molar-refractivity contribution in [2.75, 3.05) is 11.1 Å². The van der Waals surface area contributed by atoms with Crippen molar-refractivity contribution in [3.8, 4) is 0 Å². The highest BCUT2D eigenvalue weighted by Crippen LogP contribution is 2.28. The maximum Gasteiger partial charge on any atom is 0.263 e. The number of amides is 2. The standard InChI is InChI=1S/C18H20F2N4O2S2/c1-10-5-3-6-11(2)24(10)14(25)9-27-18-23-22-17(28-18)21-16(26)15-12(19)7-4-8-13(15)20/h4,7-8,10-11H,3,5-6,9H2,1-2H3,(H,21,22,26)/t10-,11+. The highest BCUT2D eigenvalue weighted by Gasteiger charge is 2.29. The summed E-state index contributed by atoms with van der Waals surface area (Å²) in [5.74, 6) is -2.58. The van der Waals surface area contributed by atoms with E-state index in [0.29, 0.717) is 4.34 Å². The van der Waals surface area contributed by atoms with E-state index in [-0.39, 0.29) is 28.9 Å². The van der Waals surface area contributed by atoms with Crippen LogP contribution in [0.25, 0.3) is 0 Å². The molecule has 2 atom stereocenters. The van der Waals surface area contributed by atoms with Gasteiger partial charge in [-0.3, -0.25) is 14.9 Å². The van der Waals surface area contributed by atoms with E-state index in [1.54, 1.807) is 0 Å². The molecule has 10 heteroatoms. The Hall–Kier alpha value is -2.07. The number of nitrogens with one attached hydrogen (secondary N) is 1. The Morgan fingerprint density at radius 3 is 2.50 bits per heavy atom. The summed E-state index contributed by atoms with van der Waals surface area (Å²) in [6.07, 6.45) is 3.13. The van der Waals surface area contributed by atoms with Crippen LogP contribution in [0, 0.1) is 11.6 Å². The number of halogens is 2. The number of hydrogen-bond acceptors (Lipinski definition) is 6. The van der Waals surface area contributed by atoms with E-state index in [1.807, 2.05) is 4.90 Å². The number of benzene rings is 1. The van der Waals surface area contributed by atoms with E-state index in [4.69, 9.17) is 0 Å². The molecule has 0 radical (unpaired) electrons. The normalized spacial score (nSPS) is 19.5. The number of nitrogens with zero attached hydrogens (tertiary/aromatic N) is 3. The summed E-state index contributed by atoms with van der Waals surface area (Å²) in [6, 6.07) is 3.64. The third-order valence-electron chi connectivity index (χ3n) is 4.62. The molecule has 3 rings (SSSR count). The number of carbonyl (C=O) groups is 2. The molecule has 2 heterocycles. The number of likely N-dealkylation sites (tertiary alicyclic amines) is 1. The molecule has 2 aromatic rings. The second kappa shape index (κ2) is 8.95. The minimum atomic E-state index is -0.952. The molecule has 28 heavy (non-hydrogen) atoms. The second-order valence-electron chi connectivity index (χ2n) is 6.64. The lowest BCUT2D eigenvalue weighted by atomic mass is 9.98. The number of carbonyl (C=O) groups excluding carboxylic acids is 2. The maximum absolute atomic E-state index is 13.7. The van der Waals surface area contributed by atoms with Gasteiger partial charge in [0.2, 0.25) is 11.0 Å². The molecule has 0 bridgehead atoms. The summed E-state index contributed by atoms with van der Waals surface area (Å²) in [5.41, 5.74) is -0.671. The van der Waals surface area contributed by atoms with Gasteiger partial charge in [0.25, 0.3) is 5.91 Å². The SMILES string of the molecule is C[C@@H]1CCC[C@H](C)N1C(=O)CSc1nnc(NC(=O)c2c(F)cccc2F)s1. The van der Waals surface area contributed by atoms with Gasteiger partial charge >= 0.3 is 0 Å². The molecule has 0 unspecified atom stereocenters. The summed E-state index contributed by atoms with van der Waals surface area (Å²) in [5, 5.41) is 10.2. The smallest absolute Gasteiger partial charge is 0.263 e. The average molecular weight is 427 g/mol. The number of piperidine rings is 1. The molecule has 1 fully saturated rings. The number of rotatable bonds is 5. The van der Waals surface area contributed by atoms with Gasteiger partial charge in [-0.05, 0) is 45.2 Å². The van der Waals surface area contributed by atoms with Crippen LogP contribution in [0.5, 0.6) is 0 Å². The van der Waals surface area contributed by atoms with E-state index in [2.05, 4.69) is 29.4 Å². The molecule has 150 valence electrons. The Labute approximate surface area is 169 Å². The molecule has 2 amide bonds. The highest BCUT2D eigenvalue weighted by atomic mass is 32.2. The molecule has 0 aliphatic carbocycles. The van der Waals surface area contributed by atoms with E-state index >= 15 is 0 Å². The summed E-state index contributed by atoms with van der Waals surface area (Å²) < 4.78 is 27.9. The van der Waals surface area contributed by atoms with Crippen molar-refractivity contribution in [3.05, 3.63) is 35.4 Å². The predicted octanol–water partition coefficient (Wildman–Crippen LogP) is 3.95. The van der Waals surface area contributed by atoms with Crippen LogP contribution < -0.4 is 5.32 Å². The molecule has 1 N–H and O–H groups in total. The van der Waals surface area contributed by atoms with Gasteiger partial charge in [-0.25, -0.2) is 8.78 Å². The fraction of sp³-hybridized carbons (Fsp3) is 0.444. The Morgan fingerprint density at radius 1 is 1.21 bits per heavy atom. The Kier molecular flexibility index (Phi) is 6.61. The van der Waals surface area contributed by atoms with Crippen LogP contribution in [0.1, 0.15) is 43.5 Å².